The molecule has 0 N–H and O–H groups in total. The molecule has 0 unspecified atom stereocenters. The molecule has 21 heavy (non-hydrogen) atoms. The van der Waals surface area contributed by atoms with E-state index >= 15 is 0 Å². The van der Waals surface area contributed by atoms with Crippen LogP contribution in [0.5, 0.6) is 0 Å². The molecule has 1 aromatic carbocycles. The third-order valence-corrected chi connectivity index (χ3v) is 7.90. The molecule has 0 radical (unpaired) electrons. The van der Waals surface area contributed by atoms with Crippen LogP contribution in [0.2, 0.25) is 0 Å². The third kappa shape index (κ3) is 3.90. The average Bonchev–Trinajstić information content (AvgIpc) is 2.55. The number of hydrogen-bond donors (Lipinski definition) is 0. The Bertz CT molecular complexity index is 470. The first-order valence-corrected chi connectivity index (χ1v) is 10.4. The van der Waals surface area contributed by atoms with Crippen LogP contribution in [-0.2, 0) is 4.57 Å². The highest BCUT2D eigenvalue weighted by atomic mass is 31.2. The summed E-state index contributed by atoms with van der Waals surface area (Å²) < 4.78 is 12.7. The number of rotatable bonds is 6. The molecule has 0 saturated carbocycles. The van der Waals surface area contributed by atoms with Gasteiger partial charge < -0.3 is 9.46 Å². The Hall–Kier alpha value is -0.790. The van der Waals surface area contributed by atoms with E-state index in [1.807, 2.05) is 13.8 Å². The van der Waals surface area contributed by atoms with Gasteiger partial charge in [0.25, 0.3) is 0 Å². The molecule has 3 nitrogen and oxygen atoms in total. The van der Waals surface area contributed by atoms with Crippen molar-refractivity contribution in [2.24, 2.45) is 0 Å². The molecule has 0 aliphatic carbocycles. The van der Waals surface area contributed by atoms with E-state index in [2.05, 4.69) is 41.0 Å². The van der Waals surface area contributed by atoms with Crippen molar-refractivity contribution in [2.75, 3.05) is 49.9 Å². The Morgan fingerprint density at radius 2 is 1.52 bits per heavy atom. The summed E-state index contributed by atoms with van der Waals surface area (Å²) in [4.78, 5) is 4.98. The summed E-state index contributed by atoms with van der Waals surface area (Å²) in [6.07, 6.45) is 2.76. The first kappa shape index (κ1) is 16.6. The summed E-state index contributed by atoms with van der Waals surface area (Å²) in [5.41, 5.74) is 1.27. The Balaban J connectivity index is 2.02. The molecule has 1 aliphatic heterocycles. The van der Waals surface area contributed by atoms with Crippen LogP contribution in [0.4, 0.5) is 5.69 Å². The lowest BCUT2D eigenvalue weighted by Gasteiger charge is -2.36. The Labute approximate surface area is 129 Å². The van der Waals surface area contributed by atoms with Gasteiger partial charge in [-0.3, -0.25) is 4.90 Å². The van der Waals surface area contributed by atoms with Crippen molar-refractivity contribution in [3.63, 3.8) is 0 Å². The van der Waals surface area contributed by atoms with Crippen molar-refractivity contribution < 1.29 is 4.57 Å². The zero-order chi connectivity index (χ0) is 15.3. The minimum Gasteiger partial charge on any atom is -0.369 e. The summed E-state index contributed by atoms with van der Waals surface area (Å²) in [6, 6.07) is 8.48. The molecule has 1 aliphatic rings. The SMILES string of the molecule is CCCN1CCN(c2ccc(P(=O)(CC)CC)cc2)CC1. The van der Waals surface area contributed by atoms with Crippen LogP contribution >= 0.6 is 7.14 Å². The van der Waals surface area contributed by atoms with E-state index in [0.29, 0.717) is 0 Å². The first-order chi connectivity index (χ1) is 10.1. The number of benzene rings is 1. The van der Waals surface area contributed by atoms with E-state index in [1.165, 1.54) is 18.7 Å². The van der Waals surface area contributed by atoms with E-state index in [4.69, 9.17) is 0 Å². The molecule has 1 fully saturated rings. The van der Waals surface area contributed by atoms with Crippen LogP contribution in [0.1, 0.15) is 27.2 Å². The molecule has 0 amide bonds. The van der Waals surface area contributed by atoms with E-state index < -0.39 is 7.14 Å². The smallest absolute Gasteiger partial charge is 0.115 e. The molecule has 1 saturated heterocycles. The second-order valence-electron chi connectivity index (χ2n) is 5.87. The van der Waals surface area contributed by atoms with E-state index in [1.54, 1.807) is 0 Å². The van der Waals surface area contributed by atoms with Crippen molar-refractivity contribution in [3.05, 3.63) is 24.3 Å². The predicted octanol–water partition coefficient (Wildman–Crippen LogP) is 3.25. The normalized spacial score (nSPS) is 17.2. The summed E-state index contributed by atoms with van der Waals surface area (Å²) in [5.74, 6) is 0. The summed E-state index contributed by atoms with van der Waals surface area (Å²) in [7, 11) is -2.14. The third-order valence-electron chi connectivity index (χ3n) is 4.62. The second-order valence-corrected chi connectivity index (χ2v) is 9.43. The van der Waals surface area contributed by atoms with Crippen molar-refractivity contribution in [1.29, 1.82) is 0 Å². The molecule has 1 aromatic rings. The van der Waals surface area contributed by atoms with Gasteiger partial charge in [0, 0.05) is 49.5 Å². The predicted molar refractivity (Wildman–Crippen MR) is 93.7 cm³/mol. The maximum absolute atomic E-state index is 12.7. The summed E-state index contributed by atoms with van der Waals surface area (Å²) >= 11 is 0. The number of piperazine rings is 1. The maximum atomic E-state index is 12.7. The molecule has 0 spiro atoms. The van der Waals surface area contributed by atoms with Crippen LogP contribution in [0.25, 0.3) is 0 Å². The van der Waals surface area contributed by atoms with Crippen LogP contribution in [0.15, 0.2) is 24.3 Å². The van der Waals surface area contributed by atoms with Gasteiger partial charge in [-0.2, -0.15) is 0 Å². The van der Waals surface area contributed by atoms with Gasteiger partial charge in [0.15, 0.2) is 0 Å². The van der Waals surface area contributed by atoms with Crippen LogP contribution in [0.3, 0.4) is 0 Å². The van der Waals surface area contributed by atoms with Gasteiger partial charge >= 0.3 is 0 Å². The fourth-order valence-electron chi connectivity index (χ4n) is 3.07. The fourth-order valence-corrected chi connectivity index (χ4v) is 4.94. The quantitative estimate of drug-likeness (QED) is 0.754. The highest BCUT2D eigenvalue weighted by Gasteiger charge is 2.21. The largest absolute Gasteiger partial charge is 0.369 e. The van der Waals surface area contributed by atoms with Gasteiger partial charge in [-0.25, -0.2) is 0 Å². The standard InChI is InChI=1S/C17H29N2OP/c1-4-11-18-12-14-19(15-13-18)16-7-9-17(10-8-16)21(20,5-2)6-3/h7-10H,4-6,11-15H2,1-3H3. The minimum absolute atomic E-state index is 0.762. The number of anilines is 1. The zero-order valence-electron chi connectivity index (χ0n) is 13.7. The Kier molecular flexibility index (Phi) is 5.89. The molecule has 118 valence electrons. The fraction of sp³-hybridized carbons (Fsp3) is 0.647. The number of hydrogen-bond acceptors (Lipinski definition) is 3. The maximum Gasteiger partial charge on any atom is 0.115 e. The van der Waals surface area contributed by atoms with Crippen LogP contribution in [-0.4, -0.2) is 49.9 Å². The molecule has 1 heterocycles. The van der Waals surface area contributed by atoms with Gasteiger partial charge in [0.05, 0.1) is 0 Å². The van der Waals surface area contributed by atoms with Crippen molar-refractivity contribution in [3.8, 4) is 0 Å². The molecule has 2 rings (SSSR count). The van der Waals surface area contributed by atoms with Crippen molar-refractivity contribution in [2.45, 2.75) is 27.2 Å². The topological polar surface area (TPSA) is 23.6 Å². The lowest BCUT2D eigenvalue weighted by molar-refractivity contribution is 0.258. The highest BCUT2D eigenvalue weighted by molar-refractivity contribution is 7.71. The van der Waals surface area contributed by atoms with Gasteiger partial charge in [0.1, 0.15) is 7.14 Å². The molecule has 0 atom stereocenters. The Morgan fingerprint density at radius 1 is 0.952 bits per heavy atom. The molecule has 0 bridgehead atoms. The van der Waals surface area contributed by atoms with E-state index in [9.17, 15) is 4.57 Å². The van der Waals surface area contributed by atoms with Gasteiger partial charge in [0.2, 0.25) is 0 Å². The minimum atomic E-state index is -2.14. The van der Waals surface area contributed by atoms with Crippen LogP contribution < -0.4 is 10.2 Å². The average molecular weight is 308 g/mol. The second kappa shape index (κ2) is 7.47. The van der Waals surface area contributed by atoms with Crippen molar-refractivity contribution >= 4 is 18.1 Å². The zero-order valence-corrected chi connectivity index (χ0v) is 14.6. The van der Waals surface area contributed by atoms with E-state index in [0.717, 1.165) is 43.8 Å². The van der Waals surface area contributed by atoms with Gasteiger partial charge in [-0.15, -0.1) is 0 Å². The monoisotopic (exact) mass is 308 g/mol. The molecule has 0 aromatic heterocycles. The van der Waals surface area contributed by atoms with Gasteiger partial charge in [-0.05, 0) is 37.2 Å². The molecule has 4 heteroatoms. The van der Waals surface area contributed by atoms with Gasteiger partial charge in [-0.1, -0.05) is 20.8 Å². The molecular weight excluding hydrogens is 279 g/mol. The summed E-state index contributed by atoms with van der Waals surface area (Å²) in [5, 5.41) is 1.04. The summed E-state index contributed by atoms with van der Waals surface area (Å²) in [6.45, 7) is 12.0. The Morgan fingerprint density at radius 3 is 2.00 bits per heavy atom. The molecular formula is C17H29N2OP. The lowest BCUT2D eigenvalue weighted by atomic mass is 10.2. The van der Waals surface area contributed by atoms with Crippen LogP contribution in [0, 0.1) is 0 Å². The van der Waals surface area contributed by atoms with Crippen molar-refractivity contribution in [1.82, 2.24) is 4.90 Å². The lowest BCUT2D eigenvalue weighted by Crippen LogP contribution is -2.46. The highest BCUT2D eigenvalue weighted by Crippen LogP contribution is 2.43. The number of nitrogens with zero attached hydrogens (tertiary/aromatic N) is 2. The van der Waals surface area contributed by atoms with E-state index in [-0.39, 0.29) is 0 Å². The first-order valence-electron chi connectivity index (χ1n) is 8.29.